The summed E-state index contributed by atoms with van der Waals surface area (Å²) >= 11 is 1.26. The van der Waals surface area contributed by atoms with Crippen molar-refractivity contribution in [2.24, 2.45) is 0 Å². The van der Waals surface area contributed by atoms with Gasteiger partial charge in [0.25, 0.3) is 5.91 Å². The molecule has 1 aliphatic heterocycles. The third kappa shape index (κ3) is 3.11. The third-order valence-electron chi connectivity index (χ3n) is 4.34. The van der Waals surface area contributed by atoms with Gasteiger partial charge in [0.1, 0.15) is 5.69 Å². The lowest BCUT2D eigenvalue weighted by molar-refractivity contribution is -0.114. The molecule has 2 aromatic carbocycles. The Bertz CT molecular complexity index is 948. The molecular weight excluding hydrogens is 346 g/mol. The first kappa shape index (κ1) is 16.5. The molecule has 0 saturated carbocycles. The van der Waals surface area contributed by atoms with Gasteiger partial charge in [0.15, 0.2) is 5.13 Å². The summed E-state index contributed by atoms with van der Waals surface area (Å²) in [5.41, 5.74) is 4.91. The van der Waals surface area contributed by atoms with Crippen molar-refractivity contribution in [2.75, 3.05) is 5.32 Å². The molecule has 26 heavy (non-hydrogen) atoms. The summed E-state index contributed by atoms with van der Waals surface area (Å²) in [6, 6.07) is 16.3. The van der Waals surface area contributed by atoms with Crippen LogP contribution < -0.4 is 5.32 Å². The van der Waals surface area contributed by atoms with Crippen LogP contribution in [0.5, 0.6) is 0 Å². The quantitative estimate of drug-likeness (QED) is 0.750. The summed E-state index contributed by atoms with van der Waals surface area (Å²) in [6.45, 7) is 2.47. The minimum atomic E-state index is -0.198. The van der Waals surface area contributed by atoms with E-state index >= 15 is 0 Å². The molecule has 0 unspecified atom stereocenters. The molecule has 0 atom stereocenters. The Morgan fingerprint density at radius 2 is 1.58 bits per heavy atom. The van der Waals surface area contributed by atoms with E-state index in [1.165, 1.54) is 18.3 Å². The van der Waals surface area contributed by atoms with Crippen LogP contribution in [0.15, 0.2) is 53.9 Å². The summed E-state index contributed by atoms with van der Waals surface area (Å²) in [7, 11) is 0. The molecule has 0 aliphatic carbocycles. The Morgan fingerprint density at radius 1 is 1.00 bits per heavy atom. The Balaban J connectivity index is 1.69. The van der Waals surface area contributed by atoms with Gasteiger partial charge in [0.05, 0.1) is 0 Å². The van der Waals surface area contributed by atoms with Gasteiger partial charge < -0.3 is 10.2 Å². The second-order valence-electron chi connectivity index (χ2n) is 6.19. The number of fused-ring (bicyclic) bond motifs is 3. The van der Waals surface area contributed by atoms with Crippen molar-refractivity contribution >= 4 is 28.3 Å². The molecule has 4 rings (SSSR count). The van der Waals surface area contributed by atoms with Gasteiger partial charge in [-0.1, -0.05) is 48.5 Å². The minimum Gasteiger partial charge on any atom is -0.329 e. The molecule has 0 bridgehead atoms. The second kappa shape index (κ2) is 6.72. The molecule has 2 amide bonds. The van der Waals surface area contributed by atoms with Crippen molar-refractivity contribution in [3.05, 3.63) is 70.7 Å². The molecule has 5 nitrogen and oxygen atoms in total. The smallest absolute Gasteiger partial charge is 0.274 e. The van der Waals surface area contributed by atoms with Crippen molar-refractivity contribution in [1.82, 2.24) is 9.88 Å². The maximum Gasteiger partial charge on any atom is 0.274 e. The molecule has 1 N–H and O–H groups in total. The summed E-state index contributed by atoms with van der Waals surface area (Å²) in [4.78, 5) is 30.3. The van der Waals surface area contributed by atoms with Crippen molar-refractivity contribution in [3.63, 3.8) is 0 Å². The zero-order valence-corrected chi connectivity index (χ0v) is 15.0. The van der Waals surface area contributed by atoms with Crippen LogP contribution in [0.4, 0.5) is 5.13 Å². The highest BCUT2D eigenvalue weighted by atomic mass is 32.1. The van der Waals surface area contributed by atoms with E-state index in [2.05, 4.69) is 34.6 Å². The molecule has 1 aliphatic rings. The van der Waals surface area contributed by atoms with Crippen LogP contribution >= 0.6 is 11.3 Å². The SMILES string of the molecule is CC(=O)Nc1nc(C(=O)N2Cc3ccccc3-c3ccccc3C2)cs1. The second-order valence-corrected chi connectivity index (χ2v) is 7.05. The van der Waals surface area contributed by atoms with Gasteiger partial charge in [0.2, 0.25) is 5.91 Å². The monoisotopic (exact) mass is 363 g/mol. The molecule has 1 aromatic heterocycles. The lowest BCUT2D eigenvalue weighted by Crippen LogP contribution is -2.29. The number of carbonyl (C=O) groups is 2. The van der Waals surface area contributed by atoms with Crippen LogP contribution in [-0.2, 0) is 17.9 Å². The van der Waals surface area contributed by atoms with E-state index in [1.807, 2.05) is 24.3 Å². The van der Waals surface area contributed by atoms with Gasteiger partial charge >= 0.3 is 0 Å². The minimum absolute atomic E-state index is 0.135. The Kier molecular flexibility index (Phi) is 4.26. The van der Waals surface area contributed by atoms with E-state index in [4.69, 9.17) is 0 Å². The van der Waals surface area contributed by atoms with Crippen LogP contribution in [0.2, 0.25) is 0 Å². The molecule has 0 spiro atoms. The fourth-order valence-electron chi connectivity index (χ4n) is 3.19. The number of rotatable bonds is 2. The van der Waals surface area contributed by atoms with Crippen LogP contribution in [0.25, 0.3) is 11.1 Å². The van der Waals surface area contributed by atoms with E-state index in [0.29, 0.717) is 23.9 Å². The standard InChI is InChI=1S/C20H17N3O2S/c1-13(24)21-20-22-18(12-26-20)19(25)23-10-14-6-2-4-8-16(14)17-9-5-3-7-15(17)11-23/h2-9,12H,10-11H2,1H3,(H,21,22,24). The predicted molar refractivity (Wildman–Crippen MR) is 102 cm³/mol. The van der Waals surface area contributed by atoms with Crippen LogP contribution in [0, 0.1) is 0 Å². The number of carbonyl (C=O) groups excluding carboxylic acids is 2. The Hall–Kier alpha value is -2.99. The largest absolute Gasteiger partial charge is 0.329 e. The van der Waals surface area contributed by atoms with E-state index in [-0.39, 0.29) is 11.8 Å². The number of hydrogen-bond acceptors (Lipinski definition) is 4. The third-order valence-corrected chi connectivity index (χ3v) is 5.10. The maximum absolute atomic E-state index is 13.0. The number of anilines is 1. The van der Waals surface area contributed by atoms with Gasteiger partial charge in [-0.25, -0.2) is 4.98 Å². The van der Waals surface area contributed by atoms with Crippen LogP contribution in [0.1, 0.15) is 28.5 Å². The van der Waals surface area contributed by atoms with Crippen molar-refractivity contribution < 1.29 is 9.59 Å². The molecule has 0 saturated heterocycles. The molecule has 3 aromatic rings. The first-order valence-corrected chi connectivity index (χ1v) is 9.18. The molecule has 0 radical (unpaired) electrons. The first-order valence-electron chi connectivity index (χ1n) is 8.30. The van der Waals surface area contributed by atoms with Crippen molar-refractivity contribution in [1.29, 1.82) is 0 Å². The van der Waals surface area contributed by atoms with E-state index < -0.39 is 0 Å². The Morgan fingerprint density at radius 3 is 2.15 bits per heavy atom. The van der Waals surface area contributed by atoms with Gasteiger partial charge in [0, 0.05) is 25.4 Å². The number of thiazole rings is 1. The maximum atomic E-state index is 13.0. The lowest BCUT2D eigenvalue weighted by atomic mass is 9.97. The number of nitrogens with one attached hydrogen (secondary N) is 1. The molecule has 130 valence electrons. The van der Waals surface area contributed by atoms with Crippen LogP contribution in [0.3, 0.4) is 0 Å². The molecular formula is C20H17N3O2S. The average Bonchev–Trinajstić information content (AvgIpc) is 3.02. The molecule has 2 heterocycles. The Labute approximate surface area is 155 Å². The summed E-state index contributed by atoms with van der Waals surface area (Å²) < 4.78 is 0. The lowest BCUT2D eigenvalue weighted by Gasteiger charge is -2.20. The topological polar surface area (TPSA) is 62.3 Å². The fraction of sp³-hybridized carbons (Fsp3) is 0.150. The van der Waals surface area contributed by atoms with Crippen molar-refractivity contribution in [3.8, 4) is 11.1 Å². The zero-order valence-electron chi connectivity index (χ0n) is 14.2. The van der Waals surface area contributed by atoms with Gasteiger partial charge in [-0.15, -0.1) is 11.3 Å². The first-order chi connectivity index (χ1) is 12.6. The highest BCUT2D eigenvalue weighted by Gasteiger charge is 2.24. The number of benzene rings is 2. The normalized spacial score (nSPS) is 12.7. The highest BCUT2D eigenvalue weighted by Crippen LogP contribution is 2.33. The van der Waals surface area contributed by atoms with Crippen LogP contribution in [-0.4, -0.2) is 21.7 Å². The van der Waals surface area contributed by atoms with E-state index in [9.17, 15) is 9.59 Å². The van der Waals surface area contributed by atoms with Gasteiger partial charge in [-0.05, 0) is 22.3 Å². The summed E-state index contributed by atoms with van der Waals surface area (Å²) in [6.07, 6.45) is 0. The number of aromatic nitrogens is 1. The molecule has 6 heteroatoms. The summed E-state index contributed by atoms with van der Waals surface area (Å²) in [5.74, 6) is -0.333. The van der Waals surface area contributed by atoms with Gasteiger partial charge in [-0.3, -0.25) is 9.59 Å². The van der Waals surface area contributed by atoms with Gasteiger partial charge in [-0.2, -0.15) is 0 Å². The fourth-order valence-corrected chi connectivity index (χ4v) is 3.93. The summed E-state index contributed by atoms with van der Waals surface area (Å²) in [5, 5.41) is 4.76. The number of hydrogen-bond donors (Lipinski definition) is 1. The number of nitrogens with zero attached hydrogens (tertiary/aromatic N) is 2. The van der Waals surface area contributed by atoms with E-state index in [1.54, 1.807) is 10.3 Å². The molecule has 0 fully saturated rings. The average molecular weight is 363 g/mol. The predicted octanol–water partition coefficient (Wildman–Crippen LogP) is 3.92. The zero-order chi connectivity index (χ0) is 18.1. The number of amides is 2. The van der Waals surface area contributed by atoms with Crippen molar-refractivity contribution in [2.45, 2.75) is 20.0 Å². The van der Waals surface area contributed by atoms with E-state index in [0.717, 1.165) is 22.3 Å². The highest BCUT2D eigenvalue weighted by molar-refractivity contribution is 7.14.